The van der Waals surface area contributed by atoms with Gasteiger partial charge in [0.1, 0.15) is 43.1 Å². The monoisotopic (exact) mass is 700 g/mol. The number of aryl methyl sites for hydroxylation is 2. The van der Waals surface area contributed by atoms with Crippen LogP contribution in [-0.2, 0) is 32.9 Å². The van der Waals surface area contributed by atoms with Gasteiger partial charge < -0.3 is 35.1 Å². The Morgan fingerprint density at radius 3 is 1.87 bits per heavy atom. The van der Waals surface area contributed by atoms with Crippen molar-refractivity contribution in [2.45, 2.75) is 60.6 Å². The topological polar surface area (TPSA) is 129 Å². The highest BCUT2D eigenvalue weighted by Gasteiger charge is 2.15. The van der Waals surface area contributed by atoms with Gasteiger partial charge in [0.25, 0.3) is 0 Å². The number of pyridine rings is 1. The molecule has 0 aliphatic rings. The molecule has 0 aliphatic carbocycles. The van der Waals surface area contributed by atoms with Crippen LogP contribution in [0.3, 0.4) is 0 Å². The maximum atomic E-state index is 9.29. The van der Waals surface area contributed by atoms with Crippen LogP contribution in [0, 0.1) is 39.0 Å². The van der Waals surface area contributed by atoms with Gasteiger partial charge in [-0.3, -0.25) is 4.98 Å². The molecule has 1 heterocycles. The van der Waals surface area contributed by atoms with E-state index in [0.29, 0.717) is 50.7 Å². The molecule has 0 radical (unpaired) electrons. The molecular weight excluding hydrogens is 652 g/mol. The van der Waals surface area contributed by atoms with Crippen molar-refractivity contribution in [3.8, 4) is 34.4 Å². The lowest BCUT2D eigenvalue weighted by molar-refractivity contribution is 0.281. The van der Waals surface area contributed by atoms with Crippen molar-refractivity contribution in [1.82, 2.24) is 15.6 Å². The number of nitrogens with zero attached hydrogens (tertiary/aromatic N) is 2. The van der Waals surface area contributed by atoms with E-state index in [4.69, 9.17) is 19.3 Å². The van der Waals surface area contributed by atoms with Gasteiger partial charge >= 0.3 is 0 Å². The second-order valence-electron chi connectivity index (χ2n) is 12.9. The number of aliphatic hydroxyl groups excluding tert-OH is 2. The number of aromatic nitrogens is 1. The molecule has 0 atom stereocenters. The van der Waals surface area contributed by atoms with Crippen LogP contribution in [0.4, 0.5) is 0 Å². The Balaban J connectivity index is 1.31. The Kier molecular flexibility index (Phi) is 13.8. The molecule has 9 nitrogen and oxygen atoms in total. The van der Waals surface area contributed by atoms with Gasteiger partial charge in [-0.25, -0.2) is 0 Å². The highest BCUT2D eigenvalue weighted by molar-refractivity contribution is 5.72. The van der Waals surface area contributed by atoms with Gasteiger partial charge in [-0.05, 0) is 96.0 Å². The smallest absolute Gasteiger partial charge is 0.128 e. The lowest BCUT2D eigenvalue weighted by Crippen LogP contribution is -2.18. The maximum Gasteiger partial charge on any atom is 0.128 e. The van der Waals surface area contributed by atoms with Crippen molar-refractivity contribution in [3.63, 3.8) is 0 Å². The van der Waals surface area contributed by atoms with Gasteiger partial charge in [0.2, 0.25) is 0 Å². The molecule has 0 saturated carbocycles. The van der Waals surface area contributed by atoms with Gasteiger partial charge in [0, 0.05) is 55.8 Å². The second-order valence-corrected chi connectivity index (χ2v) is 12.9. The summed E-state index contributed by atoms with van der Waals surface area (Å²) in [4.78, 5) is 4.15. The van der Waals surface area contributed by atoms with E-state index in [2.05, 4.69) is 91.0 Å². The summed E-state index contributed by atoms with van der Waals surface area (Å²) < 4.78 is 19.0. The summed E-state index contributed by atoms with van der Waals surface area (Å²) in [5.74, 6) is 2.24. The molecule has 5 aromatic rings. The van der Waals surface area contributed by atoms with Gasteiger partial charge in [-0.15, -0.1) is 0 Å². The normalized spacial score (nSPS) is 10.9. The van der Waals surface area contributed by atoms with Crippen LogP contribution in [-0.4, -0.2) is 41.5 Å². The first-order valence-corrected chi connectivity index (χ1v) is 17.6. The van der Waals surface area contributed by atoms with Gasteiger partial charge in [-0.1, -0.05) is 48.5 Å². The first-order valence-electron chi connectivity index (χ1n) is 17.6. The highest BCUT2D eigenvalue weighted by atomic mass is 16.5. The molecule has 0 aliphatic heterocycles. The standard InChI is InChI=1S/C43H48N4O5/c1-29-17-33(22-45-13-15-48)11-12-41(29)51-27-36-7-5-9-39(31(36)3)40-10-6-8-37(32(40)4)28-52-42-20-43(38(18-30(42)2)25-46-14-16-49)50-26-35-19-34(21-44)23-47-24-35/h5-12,17-20,23-24,45-46,48-49H,13-16,22,25-28H2,1-4H3. The summed E-state index contributed by atoms with van der Waals surface area (Å²) in [6.07, 6.45) is 3.22. The van der Waals surface area contributed by atoms with E-state index < -0.39 is 0 Å². The molecule has 5 rings (SSSR count). The Hall–Kier alpha value is -5.24. The first kappa shape index (κ1) is 38.0. The third kappa shape index (κ3) is 9.96. The zero-order valence-corrected chi connectivity index (χ0v) is 30.5. The van der Waals surface area contributed by atoms with E-state index in [-0.39, 0.29) is 19.8 Å². The average molecular weight is 701 g/mol. The van der Waals surface area contributed by atoms with Crippen LogP contribution in [0.25, 0.3) is 11.1 Å². The fourth-order valence-electron chi connectivity index (χ4n) is 6.12. The van der Waals surface area contributed by atoms with Gasteiger partial charge in [0.05, 0.1) is 18.8 Å². The Bertz CT molecular complexity index is 2010. The first-order chi connectivity index (χ1) is 25.3. The molecule has 0 bridgehead atoms. The third-order valence-electron chi connectivity index (χ3n) is 9.09. The number of nitriles is 1. The lowest BCUT2D eigenvalue weighted by Gasteiger charge is -2.19. The van der Waals surface area contributed by atoms with E-state index in [1.165, 1.54) is 11.8 Å². The molecule has 52 heavy (non-hydrogen) atoms. The molecular formula is C43H48N4O5. The van der Waals surface area contributed by atoms with Crippen molar-refractivity contribution in [1.29, 1.82) is 5.26 Å². The fraction of sp³-hybridized carbons (Fsp3) is 0.302. The molecule has 0 fully saturated rings. The van der Waals surface area contributed by atoms with Gasteiger partial charge in [0.15, 0.2) is 0 Å². The third-order valence-corrected chi connectivity index (χ3v) is 9.09. The van der Waals surface area contributed by atoms with Crippen LogP contribution in [0.15, 0.2) is 85.2 Å². The summed E-state index contributed by atoms with van der Waals surface area (Å²) in [6, 6.07) is 26.7. The molecule has 4 aromatic carbocycles. The second kappa shape index (κ2) is 18.8. The van der Waals surface area contributed by atoms with E-state index >= 15 is 0 Å². The van der Waals surface area contributed by atoms with Crippen LogP contribution < -0.4 is 24.8 Å². The Morgan fingerprint density at radius 1 is 0.615 bits per heavy atom. The predicted molar refractivity (Wildman–Crippen MR) is 203 cm³/mol. The summed E-state index contributed by atoms with van der Waals surface area (Å²) >= 11 is 0. The molecule has 1 aromatic heterocycles. The Morgan fingerprint density at radius 2 is 1.23 bits per heavy atom. The molecule has 0 saturated heterocycles. The summed E-state index contributed by atoms with van der Waals surface area (Å²) in [5, 5.41) is 34.0. The zero-order valence-electron chi connectivity index (χ0n) is 30.5. The van der Waals surface area contributed by atoms with Crippen molar-refractivity contribution in [2.75, 3.05) is 26.3 Å². The number of nitrogens with one attached hydrogen (secondary N) is 2. The summed E-state index contributed by atoms with van der Waals surface area (Å²) in [6.45, 7) is 11.9. The predicted octanol–water partition coefficient (Wildman–Crippen LogP) is 6.75. The van der Waals surface area contributed by atoms with E-state index in [0.717, 1.165) is 67.1 Å². The largest absolute Gasteiger partial charge is 0.489 e. The van der Waals surface area contributed by atoms with E-state index in [1.807, 2.05) is 25.1 Å². The number of hydrogen-bond donors (Lipinski definition) is 4. The summed E-state index contributed by atoms with van der Waals surface area (Å²) in [7, 11) is 0. The van der Waals surface area contributed by atoms with Crippen LogP contribution >= 0.6 is 0 Å². The quantitative estimate of drug-likeness (QED) is 0.0734. The molecule has 270 valence electrons. The van der Waals surface area contributed by atoms with Crippen LogP contribution in [0.2, 0.25) is 0 Å². The SMILES string of the molecule is Cc1cc(CNCCO)ccc1OCc1cccc(-c2cccc(COc3cc(OCc4cncc(C#N)c4)c(CNCCO)cc3C)c2C)c1C. The van der Waals surface area contributed by atoms with E-state index in [1.54, 1.807) is 12.3 Å². The maximum absolute atomic E-state index is 9.29. The Labute approximate surface area is 306 Å². The van der Waals surface area contributed by atoms with Crippen molar-refractivity contribution in [2.24, 2.45) is 0 Å². The lowest BCUT2D eigenvalue weighted by atomic mass is 9.92. The number of rotatable bonds is 18. The van der Waals surface area contributed by atoms with Crippen molar-refractivity contribution < 1.29 is 24.4 Å². The zero-order chi connectivity index (χ0) is 36.9. The number of hydrogen-bond acceptors (Lipinski definition) is 9. The molecule has 0 amide bonds. The van der Waals surface area contributed by atoms with Crippen LogP contribution in [0.5, 0.6) is 17.2 Å². The number of ether oxygens (including phenoxy) is 3. The minimum atomic E-state index is 0.0408. The van der Waals surface area contributed by atoms with Gasteiger partial charge in [-0.2, -0.15) is 5.26 Å². The van der Waals surface area contributed by atoms with Crippen LogP contribution in [0.1, 0.15) is 55.6 Å². The number of aliphatic hydroxyl groups is 2. The molecule has 0 unspecified atom stereocenters. The highest BCUT2D eigenvalue weighted by Crippen LogP contribution is 2.34. The van der Waals surface area contributed by atoms with Crippen molar-refractivity contribution in [3.05, 3.63) is 141 Å². The summed E-state index contributed by atoms with van der Waals surface area (Å²) in [5.41, 5.74) is 12.2. The molecule has 9 heteroatoms. The van der Waals surface area contributed by atoms with Crippen molar-refractivity contribution >= 4 is 0 Å². The fourth-order valence-corrected chi connectivity index (χ4v) is 6.12. The minimum absolute atomic E-state index is 0.0408. The van der Waals surface area contributed by atoms with E-state index in [9.17, 15) is 10.4 Å². The molecule has 4 N–H and O–H groups in total. The minimum Gasteiger partial charge on any atom is -0.489 e. The molecule has 0 spiro atoms. The average Bonchev–Trinajstić information content (AvgIpc) is 3.15. The number of benzene rings is 4.